The molecule has 1 N–H and O–H groups in total. The Morgan fingerprint density at radius 2 is 2.38 bits per heavy atom. The maximum absolute atomic E-state index is 11.7. The molecule has 2 heterocycles. The molecule has 0 amide bonds. The van der Waals surface area contributed by atoms with E-state index in [2.05, 4.69) is 25.9 Å². The van der Waals surface area contributed by atoms with Crippen LogP contribution in [0.1, 0.15) is 23.7 Å². The molecule has 0 aliphatic carbocycles. The average Bonchev–Trinajstić information content (AvgIpc) is 2.33. The highest BCUT2D eigenvalue weighted by Crippen LogP contribution is 2.34. The van der Waals surface area contributed by atoms with Gasteiger partial charge in [-0.05, 0) is 22.4 Å². The van der Waals surface area contributed by atoms with E-state index in [0.29, 0.717) is 9.72 Å². The Morgan fingerprint density at radius 1 is 1.56 bits per heavy atom. The number of aromatic nitrogens is 2. The molecule has 1 fully saturated rings. The van der Waals surface area contributed by atoms with Gasteiger partial charge in [0, 0.05) is 17.3 Å². The van der Waals surface area contributed by atoms with Gasteiger partial charge in [-0.25, -0.2) is 4.98 Å². The second-order valence-electron chi connectivity index (χ2n) is 3.50. The maximum atomic E-state index is 11.7. The van der Waals surface area contributed by atoms with Gasteiger partial charge in [0.15, 0.2) is 0 Å². The second kappa shape index (κ2) is 5.60. The van der Waals surface area contributed by atoms with Crippen LogP contribution in [0.2, 0.25) is 0 Å². The first-order valence-electron chi connectivity index (χ1n) is 5.20. The lowest BCUT2D eigenvalue weighted by Gasteiger charge is -2.20. The van der Waals surface area contributed by atoms with E-state index < -0.39 is 0 Å². The van der Waals surface area contributed by atoms with Crippen LogP contribution in [0, 0.1) is 0 Å². The average molecular weight is 321 g/mol. The molecule has 2 rings (SSSR count). The highest BCUT2D eigenvalue weighted by Gasteiger charge is 2.20. The number of H-pyrrole nitrogens is 1. The monoisotopic (exact) mass is 320 g/mol. The normalized spacial score (nSPS) is 21.0. The third kappa shape index (κ3) is 2.65. The van der Waals surface area contributed by atoms with Crippen molar-refractivity contribution < 1.29 is 0 Å². The number of aryl methyl sites for hydroxylation is 1. The van der Waals surface area contributed by atoms with Crippen molar-refractivity contribution in [2.24, 2.45) is 0 Å². The Labute approximate surface area is 111 Å². The van der Waals surface area contributed by atoms with E-state index in [-0.39, 0.29) is 5.56 Å². The zero-order valence-corrected chi connectivity index (χ0v) is 12.2. The van der Waals surface area contributed by atoms with Gasteiger partial charge in [0.25, 0.3) is 5.56 Å². The summed E-state index contributed by atoms with van der Waals surface area (Å²) in [5.41, 5.74) is 0.799. The fourth-order valence-electron chi connectivity index (χ4n) is 1.56. The fraction of sp³-hybridized carbons (Fsp3) is 0.600. The Morgan fingerprint density at radius 3 is 3.00 bits per heavy atom. The zero-order valence-electron chi connectivity index (χ0n) is 8.96. The number of aromatic amines is 1. The van der Waals surface area contributed by atoms with Gasteiger partial charge < -0.3 is 4.98 Å². The van der Waals surface area contributed by atoms with Crippen molar-refractivity contribution in [3.05, 3.63) is 26.3 Å². The molecule has 1 aromatic heterocycles. The van der Waals surface area contributed by atoms with Crippen LogP contribution in [0.3, 0.4) is 0 Å². The van der Waals surface area contributed by atoms with Gasteiger partial charge in [0.2, 0.25) is 0 Å². The van der Waals surface area contributed by atoms with Gasteiger partial charge in [-0.15, -0.1) is 11.8 Å². The van der Waals surface area contributed by atoms with E-state index >= 15 is 0 Å². The molecule has 1 saturated heterocycles. The standard InChI is InChI=1S/C10H13BrN2OS2/c1-2-6-8(11)10(14)13-9(12-6)7-5-15-3-4-16-7/h7H,2-5H2,1H3,(H,12,13,14). The largest absolute Gasteiger partial charge is 0.309 e. The van der Waals surface area contributed by atoms with Crippen LogP contribution in [0.15, 0.2) is 9.27 Å². The Hall–Kier alpha value is 0.0600. The number of halogens is 1. The van der Waals surface area contributed by atoms with Crippen molar-refractivity contribution in [1.82, 2.24) is 9.97 Å². The molecular formula is C10H13BrN2OS2. The summed E-state index contributed by atoms with van der Waals surface area (Å²) in [6, 6.07) is 0. The molecule has 1 aliphatic heterocycles. The summed E-state index contributed by atoms with van der Waals surface area (Å²) in [5.74, 6) is 4.21. The predicted octanol–water partition coefficient (Wildman–Crippen LogP) is 2.62. The lowest BCUT2D eigenvalue weighted by molar-refractivity contribution is 0.852. The summed E-state index contributed by atoms with van der Waals surface area (Å²) in [6.45, 7) is 2.01. The Bertz CT molecular complexity index is 429. The van der Waals surface area contributed by atoms with Crippen molar-refractivity contribution in [3.8, 4) is 0 Å². The predicted molar refractivity (Wildman–Crippen MR) is 74.5 cm³/mol. The number of rotatable bonds is 2. The number of hydrogen-bond acceptors (Lipinski definition) is 4. The SMILES string of the molecule is CCc1nc(C2CSCCS2)[nH]c(=O)c1Br. The Kier molecular flexibility index (Phi) is 4.38. The van der Waals surface area contributed by atoms with Crippen LogP contribution in [-0.2, 0) is 6.42 Å². The summed E-state index contributed by atoms with van der Waals surface area (Å²) < 4.78 is 0.576. The quantitative estimate of drug-likeness (QED) is 0.909. The number of hydrogen-bond donors (Lipinski definition) is 1. The van der Waals surface area contributed by atoms with Crippen molar-refractivity contribution in [3.63, 3.8) is 0 Å². The summed E-state index contributed by atoms with van der Waals surface area (Å²) in [5, 5.41) is 0.338. The van der Waals surface area contributed by atoms with Crippen molar-refractivity contribution in [2.45, 2.75) is 18.6 Å². The lowest BCUT2D eigenvalue weighted by atomic mass is 10.3. The van der Waals surface area contributed by atoms with Crippen LogP contribution < -0.4 is 5.56 Å². The van der Waals surface area contributed by atoms with Gasteiger partial charge >= 0.3 is 0 Å². The number of thioether (sulfide) groups is 2. The molecule has 1 aliphatic rings. The fourth-order valence-corrected chi connectivity index (χ4v) is 4.65. The van der Waals surface area contributed by atoms with Gasteiger partial charge in [0.1, 0.15) is 10.3 Å². The molecule has 3 nitrogen and oxygen atoms in total. The first-order valence-corrected chi connectivity index (χ1v) is 8.20. The molecule has 1 atom stereocenters. The smallest absolute Gasteiger partial charge is 0.265 e. The van der Waals surface area contributed by atoms with Gasteiger partial charge in [-0.1, -0.05) is 6.92 Å². The van der Waals surface area contributed by atoms with Crippen molar-refractivity contribution in [1.29, 1.82) is 0 Å². The molecule has 0 spiro atoms. The topological polar surface area (TPSA) is 45.8 Å². The van der Waals surface area contributed by atoms with Crippen LogP contribution >= 0.6 is 39.5 Å². The molecule has 0 saturated carbocycles. The highest BCUT2D eigenvalue weighted by atomic mass is 79.9. The van der Waals surface area contributed by atoms with Crippen molar-refractivity contribution in [2.75, 3.05) is 17.3 Å². The van der Waals surface area contributed by atoms with Crippen LogP contribution in [0.4, 0.5) is 0 Å². The summed E-state index contributed by atoms with van der Waals surface area (Å²) >= 11 is 7.09. The summed E-state index contributed by atoms with van der Waals surface area (Å²) in [7, 11) is 0. The van der Waals surface area contributed by atoms with E-state index in [4.69, 9.17) is 0 Å². The molecule has 0 aromatic carbocycles. The number of nitrogens with zero attached hydrogens (tertiary/aromatic N) is 1. The van der Waals surface area contributed by atoms with E-state index in [0.717, 1.165) is 29.4 Å². The molecule has 1 unspecified atom stereocenters. The van der Waals surface area contributed by atoms with E-state index in [1.54, 1.807) is 0 Å². The minimum absolute atomic E-state index is 0.0574. The van der Waals surface area contributed by atoms with Crippen molar-refractivity contribution >= 4 is 39.5 Å². The maximum Gasteiger partial charge on any atom is 0.265 e. The first-order chi connectivity index (χ1) is 7.72. The minimum Gasteiger partial charge on any atom is -0.309 e. The molecule has 88 valence electrons. The Balaban J connectivity index is 2.33. The third-order valence-electron chi connectivity index (χ3n) is 2.41. The van der Waals surface area contributed by atoms with Gasteiger partial charge in [-0.3, -0.25) is 4.79 Å². The second-order valence-corrected chi connectivity index (χ2v) is 6.75. The van der Waals surface area contributed by atoms with E-state index in [1.807, 2.05) is 30.4 Å². The minimum atomic E-state index is -0.0574. The van der Waals surface area contributed by atoms with Crippen LogP contribution in [0.25, 0.3) is 0 Å². The zero-order chi connectivity index (χ0) is 11.5. The first kappa shape index (κ1) is 12.5. The highest BCUT2D eigenvalue weighted by molar-refractivity contribution is 9.10. The molecule has 0 radical (unpaired) electrons. The lowest BCUT2D eigenvalue weighted by Crippen LogP contribution is -2.19. The molecule has 16 heavy (non-hydrogen) atoms. The molecule has 0 bridgehead atoms. The molecular weight excluding hydrogens is 308 g/mol. The summed E-state index contributed by atoms with van der Waals surface area (Å²) in [4.78, 5) is 19.1. The van der Waals surface area contributed by atoms with E-state index in [9.17, 15) is 4.79 Å². The van der Waals surface area contributed by atoms with Crippen LogP contribution in [0.5, 0.6) is 0 Å². The number of nitrogens with one attached hydrogen (secondary N) is 1. The van der Waals surface area contributed by atoms with Gasteiger partial charge in [-0.2, -0.15) is 11.8 Å². The molecule has 6 heteroatoms. The van der Waals surface area contributed by atoms with E-state index in [1.165, 1.54) is 5.75 Å². The molecule has 1 aromatic rings. The summed E-state index contributed by atoms with van der Waals surface area (Å²) in [6.07, 6.45) is 0.780. The van der Waals surface area contributed by atoms with Crippen LogP contribution in [-0.4, -0.2) is 27.2 Å². The van der Waals surface area contributed by atoms with Gasteiger partial charge in [0.05, 0.1) is 10.9 Å². The third-order valence-corrected chi connectivity index (χ3v) is 5.99.